The van der Waals surface area contributed by atoms with Crippen LogP contribution in [0.4, 0.5) is 4.39 Å². The van der Waals surface area contributed by atoms with Crippen LogP contribution in [0.5, 0.6) is 0 Å². The fraction of sp³-hybridized carbons (Fsp3) is 0.481. The van der Waals surface area contributed by atoms with Crippen molar-refractivity contribution in [2.75, 3.05) is 19.6 Å². The summed E-state index contributed by atoms with van der Waals surface area (Å²) in [6, 6.07) is 14.5. The van der Waals surface area contributed by atoms with E-state index < -0.39 is 10.8 Å². The second-order valence-electron chi connectivity index (χ2n) is 9.92. The van der Waals surface area contributed by atoms with Crippen molar-refractivity contribution in [1.29, 1.82) is 0 Å². The Labute approximate surface area is 191 Å². The predicted molar refractivity (Wildman–Crippen MR) is 127 cm³/mol. The van der Waals surface area contributed by atoms with Gasteiger partial charge in [-0.1, -0.05) is 64.1 Å². The van der Waals surface area contributed by atoms with E-state index in [2.05, 4.69) is 5.32 Å². The van der Waals surface area contributed by atoms with Crippen molar-refractivity contribution in [3.63, 3.8) is 0 Å². The molecule has 1 N–H and O–H groups in total. The molecule has 172 valence electrons. The van der Waals surface area contributed by atoms with Crippen molar-refractivity contribution >= 4 is 11.8 Å². The average molecular weight is 439 g/mol. The van der Waals surface area contributed by atoms with Crippen LogP contribution in [0.2, 0.25) is 0 Å². The molecule has 0 unspecified atom stereocenters. The van der Waals surface area contributed by atoms with Crippen LogP contribution < -0.4 is 5.32 Å². The van der Waals surface area contributed by atoms with Crippen LogP contribution in [0.1, 0.15) is 52.5 Å². The molecule has 1 saturated heterocycles. The molecule has 0 saturated carbocycles. The molecular weight excluding hydrogens is 403 g/mol. The van der Waals surface area contributed by atoms with Crippen LogP contribution >= 0.6 is 0 Å². The summed E-state index contributed by atoms with van der Waals surface area (Å²) < 4.78 is 13.9. The number of hydrogen-bond acceptors (Lipinski definition) is 2. The molecule has 32 heavy (non-hydrogen) atoms. The molecule has 2 aromatic rings. The van der Waals surface area contributed by atoms with Gasteiger partial charge in [0.1, 0.15) is 5.82 Å². The van der Waals surface area contributed by atoms with E-state index in [9.17, 15) is 14.0 Å². The summed E-state index contributed by atoms with van der Waals surface area (Å²) >= 11 is 0. The number of nitrogens with zero attached hydrogens (tertiary/aromatic N) is 1. The number of hydrogen-bond donors (Lipinski definition) is 1. The molecule has 1 aliphatic heterocycles. The molecule has 4 nitrogen and oxygen atoms in total. The maximum atomic E-state index is 13.9. The molecule has 0 bridgehead atoms. The minimum absolute atomic E-state index is 0.0521. The Morgan fingerprint density at radius 1 is 1.06 bits per heavy atom. The summed E-state index contributed by atoms with van der Waals surface area (Å²) in [5, 5.41) is 3.10. The first kappa shape index (κ1) is 24.0. The number of rotatable bonds is 6. The first-order valence-electron chi connectivity index (χ1n) is 11.6. The Morgan fingerprint density at radius 2 is 1.75 bits per heavy atom. The van der Waals surface area contributed by atoms with Gasteiger partial charge >= 0.3 is 0 Å². The van der Waals surface area contributed by atoms with E-state index in [0.29, 0.717) is 38.9 Å². The highest BCUT2D eigenvalue weighted by Gasteiger charge is 2.43. The molecule has 1 heterocycles. The van der Waals surface area contributed by atoms with Gasteiger partial charge in [-0.25, -0.2) is 4.39 Å². The zero-order valence-corrected chi connectivity index (χ0v) is 19.7. The minimum atomic E-state index is -0.590. The van der Waals surface area contributed by atoms with E-state index in [1.165, 1.54) is 12.1 Å². The second-order valence-corrected chi connectivity index (χ2v) is 9.92. The number of nitrogens with one attached hydrogen (secondary N) is 1. The van der Waals surface area contributed by atoms with E-state index in [-0.39, 0.29) is 17.6 Å². The third-order valence-electron chi connectivity index (χ3n) is 6.35. The molecule has 0 radical (unpaired) electrons. The van der Waals surface area contributed by atoms with E-state index >= 15 is 0 Å². The maximum Gasteiger partial charge on any atom is 0.227 e. The van der Waals surface area contributed by atoms with Crippen LogP contribution in [0.15, 0.2) is 48.5 Å². The van der Waals surface area contributed by atoms with Crippen molar-refractivity contribution in [2.45, 2.75) is 53.4 Å². The van der Waals surface area contributed by atoms with Crippen molar-refractivity contribution in [3.05, 3.63) is 59.9 Å². The first-order chi connectivity index (χ1) is 15.2. The Kier molecular flexibility index (Phi) is 7.37. The highest BCUT2D eigenvalue weighted by molar-refractivity contribution is 5.85. The van der Waals surface area contributed by atoms with Gasteiger partial charge < -0.3 is 10.2 Å². The van der Waals surface area contributed by atoms with Crippen molar-refractivity contribution in [3.8, 4) is 11.1 Å². The lowest BCUT2D eigenvalue weighted by atomic mass is 9.71. The summed E-state index contributed by atoms with van der Waals surface area (Å²) in [6.07, 6.45) is 2.66. The van der Waals surface area contributed by atoms with Crippen LogP contribution in [0, 0.1) is 16.6 Å². The van der Waals surface area contributed by atoms with Gasteiger partial charge in [0.25, 0.3) is 0 Å². The third kappa shape index (κ3) is 5.37. The fourth-order valence-electron chi connectivity index (χ4n) is 4.50. The lowest BCUT2D eigenvalue weighted by molar-refractivity contribution is -0.145. The normalized spacial score (nSPS) is 16.0. The fourth-order valence-corrected chi connectivity index (χ4v) is 4.50. The summed E-state index contributed by atoms with van der Waals surface area (Å²) in [6.45, 7) is 9.60. The molecule has 2 aromatic carbocycles. The van der Waals surface area contributed by atoms with Gasteiger partial charge in [-0.15, -0.1) is 0 Å². The van der Waals surface area contributed by atoms with Crippen LogP contribution in [-0.2, 0) is 16.0 Å². The van der Waals surface area contributed by atoms with Gasteiger partial charge in [-0.2, -0.15) is 0 Å². The van der Waals surface area contributed by atoms with Gasteiger partial charge in [-0.05, 0) is 54.5 Å². The van der Waals surface area contributed by atoms with Crippen molar-refractivity contribution in [2.24, 2.45) is 10.8 Å². The minimum Gasteiger partial charge on any atom is -0.356 e. The van der Waals surface area contributed by atoms with E-state index in [0.717, 1.165) is 23.1 Å². The van der Waals surface area contributed by atoms with E-state index in [1.807, 2.05) is 62.9 Å². The zero-order valence-electron chi connectivity index (χ0n) is 19.7. The van der Waals surface area contributed by atoms with Gasteiger partial charge in [0.2, 0.25) is 11.8 Å². The van der Waals surface area contributed by atoms with Gasteiger partial charge in [0, 0.05) is 25.0 Å². The quantitative estimate of drug-likeness (QED) is 0.673. The maximum absolute atomic E-state index is 13.9. The van der Waals surface area contributed by atoms with Crippen LogP contribution in [0.25, 0.3) is 11.1 Å². The topological polar surface area (TPSA) is 49.4 Å². The van der Waals surface area contributed by atoms with E-state index in [1.54, 1.807) is 6.07 Å². The summed E-state index contributed by atoms with van der Waals surface area (Å²) in [5.74, 6) is -0.0989. The molecule has 0 spiro atoms. The standard InChI is InChI=1S/C27H35FN2O2/c1-5-15-29-24(31)27(13-16-30(17-14-27)25(32)26(2,3)4)19-21-9-6-7-12-23(21)20-10-8-11-22(28)18-20/h6-12,18H,5,13-17,19H2,1-4H3,(H,29,31). The highest BCUT2D eigenvalue weighted by atomic mass is 19.1. The zero-order chi connectivity index (χ0) is 23.4. The molecular formula is C27H35FN2O2. The number of carbonyl (C=O) groups is 2. The average Bonchev–Trinajstić information content (AvgIpc) is 2.77. The van der Waals surface area contributed by atoms with Crippen molar-refractivity contribution in [1.82, 2.24) is 10.2 Å². The van der Waals surface area contributed by atoms with Crippen LogP contribution in [-0.4, -0.2) is 36.3 Å². The predicted octanol–water partition coefficient (Wildman–Crippen LogP) is 5.22. The molecule has 3 rings (SSSR count). The van der Waals surface area contributed by atoms with Crippen molar-refractivity contribution < 1.29 is 14.0 Å². The molecule has 0 aliphatic carbocycles. The summed E-state index contributed by atoms with van der Waals surface area (Å²) in [4.78, 5) is 28.1. The van der Waals surface area contributed by atoms with E-state index in [4.69, 9.17) is 0 Å². The number of benzene rings is 2. The summed E-state index contributed by atoms with van der Waals surface area (Å²) in [5.41, 5.74) is 1.76. The first-order valence-corrected chi connectivity index (χ1v) is 11.6. The second kappa shape index (κ2) is 9.85. The molecule has 2 amide bonds. The number of likely N-dealkylation sites (tertiary alicyclic amines) is 1. The number of piperidine rings is 1. The van der Waals surface area contributed by atoms with Crippen LogP contribution in [0.3, 0.4) is 0 Å². The molecule has 0 aromatic heterocycles. The Balaban J connectivity index is 1.91. The van der Waals surface area contributed by atoms with Gasteiger partial charge in [0.15, 0.2) is 0 Å². The monoisotopic (exact) mass is 438 g/mol. The molecule has 1 aliphatic rings. The lowest BCUT2D eigenvalue weighted by Gasteiger charge is -2.42. The number of amides is 2. The molecule has 1 fully saturated rings. The molecule has 5 heteroatoms. The number of carbonyl (C=O) groups excluding carboxylic acids is 2. The summed E-state index contributed by atoms with van der Waals surface area (Å²) in [7, 11) is 0. The van der Waals surface area contributed by atoms with Gasteiger partial charge in [-0.3, -0.25) is 9.59 Å². The Morgan fingerprint density at radius 3 is 2.38 bits per heavy atom. The van der Waals surface area contributed by atoms with Gasteiger partial charge in [0.05, 0.1) is 5.41 Å². The largest absolute Gasteiger partial charge is 0.356 e. The number of halogens is 1. The third-order valence-corrected chi connectivity index (χ3v) is 6.35. The lowest BCUT2D eigenvalue weighted by Crippen LogP contribution is -2.53. The molecule has 0 atom stereocenters. The Hall–Kier alpha value is -2.69. The Bertz CT molecular complexity index is 956. The highest BCUT2D eigenvalue weighted by Crippen LogP contribution is 2.39. The SMILES string of the molecule is CCCNC(=O)C1(Cc2ccccc2-c2cccc(F)c2)CCN(C(=O)C(C)(C)C)CC1. The smallest absolute Gasteiger partial charge is 0.227 e.